The molecule has 1 unspecified atom stereocenters. The molecule has 1 rings (SSSR count). The van der Waals surface area contributed by atoms with Crippen LogP contribution in [0.5, 0.6) is 0 Å². The van der Waals surface area contributed by atoms with E-state index in [1.165, 1.54) is 0 Å². The van der Waals surface area contributed by atoms with Crippen LogP contribution in [-0.4, -0.2) is 28.2 Å². The summed E-state index contributed by atoms with van der Waals surface area (Å²) in [5.74, 6) is 0.976. The van der Waals surface area contributed by atoms with E-state index in [1.54, 1.807) is 24.2 Å². The summed E-state index contributed by atoms with van der Waals surface area (Å²) in [6, 6.07) is 1.85. The maximum absolute atomic E-state index is 9.67. The maximum Gasteiger partial charge on any atom is 0.0622 e. The Bertz CT molecular complexity index is 283. The van der Waals surface area contributed by atoms with Crippen LogP contribution < -0.4 is 0 Å². The minimum atomic E-state index is -0.303. The third kappa shape index (κ3) is 3.86. The van der Waals surface area contributed by atoms with Crippen molar-refractivity contribution in [2.24, 2.45) is 0 Å². The van der Waals surface area contributed by atoms with Gasteiger partial charge in [0.1, 0.15) is 0 Å². The second-order valence-electron chi connectivity index (χ2n) is 3.11. The average Bonchev–Trinajstić information content (AvgIpc) is 2.18. The number of pyridine rings is 1. The van der Waals surface area contributed by atoms with Crippen molar-refractivity contribution in [3.63, 3.8) is 0 Å². The first kappa shape index (κ1) is 11.8. The van der Waals surface area contributed by atoms with Gasteiger partial charge >= 0.3 is 0 Å². The second kappa shape index (κ2) is 6.27. The van der Waals surface area contributed by atoms with Gasteiger partial charge < -0.3 is 5.11 Å². The van der Waals surface area contributed by atoms with Crippen LogP contribution in [0.2, 0.25) is 5.02 Å². The van der Waals surface area contributed by atoms with E-state index in [2.05, 4.69) is 4.98 Å². The van der Waals surface area contributed by atoms with Gasteiger partial charge in [-0.15, -0.1) is 0 Å². The van der Waals surface area contributed by atoms with Crippen molar-refractivity contribution in [1.29, 1.82) is 0 Å². The van der Waals surface area contributed by atoms with Gasteiger partial charge in [0.05, 0.1) is 11.1 Å². The summed E-state index contributed by atoms with van der Waals surface area (Å²) in [6.45, 7) is 0. The van der Waals surface area contributed by atoms with Crippen LogP contribution in [0.3, 0.4) is 0 Å². The van der Waals surface area contributed by atoms with Gasteiger partial charge in [0.2, 0.25) is 0 Å². The molecule has 0 aliphatic heterocycles. The Hall–Kier alpha value is -0.250. The zero-order valence-electron chi connectivity index (χ0n) is 8.11. The van der Waals surface area contributed by atoms with Crippen LogP contribution >= 0.6 is 23.4 Å². The lowest BCUT2D eigenvalue weighted by Crippen LogP contribution is -2.11. The van der Waals surface area contributed by atoms with Crippen molar-refractivity contribution in [1.82, 2.24) is 4.98 Å². The molecule has 0 aliphatic rings. The molecule has 0 saturated carbocycles. The van der Waals surface area contributed by atoms with Crippen LogP contribution in [0.15, 0.2) is 18.5 Å². The normalized spacial score (nSPS) is 12.8. The summed E-state index contributed by atoms with van der Waals surface area (Å²) in [5, 5.41) is 10.3. The summed E-state index contributed by atoms with van der Waals surface area (Å²) in [6.07, 6.45) is 6.46. The zero-order chi connectivity index (χ0) is 10.4. The van der Waals surface area contributed by atoms with Crippen molar-refractivity contribution in [3.8, 4) is 0 Å². The minimum Gasteiger partial charge on any atom is -0.393 e. The number of rotatable bonds is 5. The summed E-state index contributed by atoms with van der Waals surface area (Å²) >= 11 is 7.66. The van der Waals surface area contributed by atoms with E-state index >= 15 is 0 Å². The molecule has 2 nitrogen and oxygen atoms in total. The number of hydrogen-bond acceptors (Lipinski definition) is 3. The van der Waals surface area contributed by atoms with Crippen LogP contribution in [0.4, 0.5) is 0 Å². The predicted molar refractivity (Wildman–Crippen MR) is 62.0 cm³/mol. The van der Waals surface area contributed by atoms with Crippen molar-refractivity contribution in [3.05, 3.63) is 29.0 Å². The molecule has 4 heteroatoms. The molecule has 1 aromatic heterocycles. The molecule has 0 aliphatic carbocycles. The fourth-order valence-corrected chi connectivity index (χ4v) is 1.88. The largest absolute Gasteiger partial charge is 0.393 e. The van der Waals surface area contributed by atoms with Crippen molar-refractivity contribution in [2.75, 3.05) is 12.0 Å². The molecule has 14 heavy (non-hydrogen) atoms. The standard InChI is InChI=1S/C10H14ClNOS/c1-14-5-3-9(13)6-8-2-4-12-7-10(8)11/h2,4,7,9,13H,3,5-6H2,1H3. The number of hydrogen-bond donors (Lipinski definition) is 1. The van der Waals surface area contributed by atoms with Crippen molar-refractivity contribution >= 4 is 23.4 Å². The SMILES string of the molecule is CSCCC(O)Cc1ccncc1Cl. The monoisotopic (exact) mass is 231 g/mol. The van der Waals surface area contributed by atoms with Gasteiger partial charge in [-0.05, 0) is 36.5 Å². The Morgan fingerprint density at radius 1 is 1.64 bits per heavy atom. The molecule has 0 amide bonds. The van der Waals surface area contributed by atoms with E-state index in [1.807, 2.05) is 12.3 Å². The second-order valence-corrected chi connectivity index (χ2v) is 4.50. The molecule has 78 valence electrons. The Morgan fingerprint density at radius 2 is 2.43 bits per heavy atom. The Morgan fingerprint density at radius 3 is 3.07 bits per heavy atom. The molecule has 0 aromatic carbocycles. The van der Waals surface area contributed by atoms with E-state index in [0.29, 0.717) is 11.4 Å². The van der Waals surface area contributed by atoms with Crippen LogP contribution in [0, 0.1) is 0 Å². The highest BCUT2D eigenvalue weighted by molar-refractivity contribution is 7.98. The summed E-state index contributed by atoms with van der Waals surface area (Å²) in [7, 11) is 0. The molecule has 1 atom stereocenters. The zero-order valence-corrected chi connectivity index (χ0v) is 9.68. The number of thioether (sulfide) groups is 1. The van der Waals surface area contributed by atoms with Crippen molar-refractivity contribution in [2.45, 2.75) is 18.9 Å². The smallest absolute Gasteiger partial charge is 0.0622 e. The van der Waals surface area contributed by atoms with Crippen LogP contribution in [0.1, 0.15) is 12.0 Å². The van der Waals surface area contributed by atoms with Crippen LogP contribution in [-0.2, 0) is 6.42 Å². The topological polar surface area (TPSA) is 33.1 Å². The average molecular weight is 232 g/mol. The Labute approximate surface area is 93.7 Å². The van der Waals surface area contributed by atoms with Crippen molar-refractivity contribution < 1.29 is 5.11 Å². The van der Waals surface area contributed by atoms with E-state index < -0.39 is 0 Å². The molecule has 0 spiro atoms. The molecule has 0 fully saturated rings. The number of halogens is 1. The third-order valence-corrected chi connectivity index (χ3v) is 2.95. The molecule has 0 radical (unpaired) electrons. The lowest BCUT2D eigenvalue weighted by molar-refractivity contribution is 0.172. The van der Waals surface area contributed by atoms with E-state index in [0.717, 1.165) is 17.7 Å². The van der Waals surface area contributed by atoms with E-state index in [4.69, 9.17) is 11.6 Å². The van der Waals surface area contributed by atoms with E-state index in [9.17, 15) is 5.11 Å². The lowest BCUT2D eigenvalue weighted by atomic mass is 10.1. The lowest BCUT2D eigenvalue weighted by Gasteiger charge is -2.10. The highest BCUT2D eigenvalue weighted by atomic mass is 35.5. The molecule has 0 saturated heterocycles. The van der Waals surface area contributed by atoms with Gasteiger partial charge in [-0.25, -0.2) is 0 Å². The van der Waals surface area contributed by atoms with Gasteiger partial charge in [-0.3, -0.25) is 4.98 Å². The number of aliphatic hydroxyl groups is 1. The Balaban J connectivity index is 2.47. The summed E-state index contributed by atoms with van der Waals surface area (Å²) in [5.41, 5.74) is 0.968. The van der Waals surface area contributed by atoms with Gasteiger partial charge in [0, 0.05) is 12.4 Å². The van der Waals surface area contributed by atoms with E-state index in [-0.39, 0.29) is 6.10 Å². The molecule has 1 aromatic rings. The molecule has 1 N–H and O–H groups in total. The van der Waals surface area contributed by atoms with Crippen LogP contribution in [0.25, 0.3) is 0 Å². The maximum atomic E-state index is 9.67. The fourth-order valence-electron chi connectivity index (χ4n) is 1.18. The predicted octanol–water partition coefficient (Wildman–Crippen LogP) is 2.39. The molecule has 0 bridgehead atoms. The number of aliphatic hydroxyl groups excluding tert-OH is 1. The highest BCUT2D eigenvalue weighted by Crippen LogP contribution is 2.16. The fraction of sp³-hybridized carbons (Fsp3) is 0.500. The van der Waals surface area contributed by atoms with Gasteiger partial charge in [-0.2, -0.15) is 11.8 Å². The summed E-state index contributed by atoms with van der Waals surface area (Å²) in [4.78, 5) is 3.90. The molecular formula is C10H14ClNOS. The minimum absolute atomic E-state index is 0.303. The Kier molecular flexibility index (Phi) is 5.30. The quantitative estimate of drug-likeness (QED) is 0.845. The highest BCUT2D eigenvalue weighted by Gasteiger charge is 2.07. The first-order valence-corrected chi connectivity index (χ1v) is 6.26. The summed E-state index contributed by atoms with van der Waals surface area (Å²) < 4.78 is 0. The van der Waals surface area contributed by atoms with Gasteiger partial charge in [0.15, 0.2) is 0 Å². The van der Waals surface area contributed by atoms with Gasteiger partial charge in [0.25, 0.3) is 0 Å². The first-order chi connectivity index (χ1) is 6.74. The number of aromatic nitrogens is 1. The number of nitrogens with zero attached hydrogens (tertiary/aromatic N) is 1. The molecular weight excluding hydrogens is 218 g/mol. The van der Waals surface area contributed by atoms with Gasteiger partial charge in [-0.1, -0.05) is 11.6 Å². The molecule has 1 heterocycles. The third-order valence-electron chi connectivity index (χ3n) is 1.97. The first-order valence-electron chi connectivity index (χ1n) is 4.49.